The zero-order valence-electron chi connectivity index (χ0n) is 11.8. The van der Waals surface area contributed by atoms with Crippen molar-refractivity contribution in [2.45, 2.75) is 31.9 Å². The van der Waals surface area contributed by atoms with Crippen LogP contribution in [0.25, 0.3) is 0 Å². The molecule has 0 saturated heterocycles. The number of nitrogens with one attached hydrogen (secondary N) is 1. The van der Waals surface area contributed by atoms with E-state index < -0.39 is 23.5 Å². The third kappa shape index (κ3) is 5.24. The van der Waals surface area contributed by atoms with Crippen molar-refractivity contribution in [2.24, 2.45) is 0 Å². The van der Waals surface area contributed by atoms with Crippen LogP contribution in [-0.4, -0.2) is 40.3 Å². The summed E-state index contributed by atoms with van der Waals surface area (Å²) in [5, 5.41) is 20.6. The van der Waals surface area contributed by atoms with Gasteiger partial charge in [0.05, 0.1) is 0 Å². The number of halogens is 1. The second-order valence-electron chi connectivity index (χ2n) is 4.94. The fraction of sp³-hybridized carbons (Fsp3) is 0.429. The molecule has 0 aliphatic rings. The molecule has 0 unspecified atom stereocenters. The van der Waals surface area contributed by atoms with E-state index in [4.69, 9.17) is 26.6 Å². The maximum atomic E-state index is 12.1. The minimum absolute atomic E-state index is 0.0713. The van der Waals surface area contributed by atoms with Crippen molar-refractivity contribution in [1.82, 2.24) is 5.32 Å². The second-order valence-corrected chi connectivity index (χ2v) is 5.38. The first-order chi connectivity index (χ1) is 9.76. The molecule has 3 N–H and O–H groups in total. The third-order valence-electron chi connectivity index (χ3n) is 2.75. The highest BCUT2D eigenvalue weighted by molar-refractivity contribution is 6.30. The highest BCUT2D eigenvalue weighted by Gasteiger charge is 2.33. The van der Waals surface area contributed by atoms with Gasteiger partial charge in [-0.3, -0.25) is 4.79 Å². The summed E-state index contributed by atoms with van der Waals surface area (Å²) in [6, 6.07) is 5.31. The number of carbonyl (C=O) groups is 2. The maximum absolute atomic E-state index is 12.1. The van der Waals surface area contributed by atoms with E-state index in [1.165, 1.54) is 13.8 Å². The van der Waals surface area contributed by atoms with Gasteiger partial charge in [-0.25, -0.2) is 4.79 Å². The number of carboxylic acids is 1. The van der Waals surface area contributed by atoms with Crippen LogP contribution in [0, 0.1) is 0 Å². The van der Waals surface area contributed by atoms with Crippen LogP contribution in [0.5, 0.6) is 5.75 Å². The van der Waals surface area contributed by atoms with Crippen molar-refractivity contribution in [2.75, 3.05) is 6.61 Å². The van der Waals surface area contributed by atoms with Gasteiger partial charge < -0.3 is 20.3 Å². The van der Waals surface area contributed by atoms with Crippen molar-refractivity contribution in [1.29, 1.82) is 0 Å². The molecule has 0 saturated carbocycles. The zero-order chi connectivity index (χ0) is 16.0. The summed E-state index contributed by atoms with van der Waals surface area (Å²) >= 11 is 5.76. The molecule has 0 heterocycles. The van der Waals surface area contributed by atoms with Gasteiger partial charge >= 0.3 is 5.97 Å². The molecule has 0 aliphatic carbocycles. The van der Waals surface area contributed by atoms with E-state index in [0.29, 0.717) is 10.8 Å². The molecule has 0 bridgehead atoms. The van der Waals surface area contributed by atoms with Gasteiger partial charge in [0, 0.05) is 18.1 Å². The molecule has 0 fully saturated rings. The Morgan fingerprint density at radius 2 is 1.90 bits per heavy atom. The highest BCUT2D eigenvalue weighted by atomic mass is 35.5. The lowest BCUT2D eigenvalue weighted by atomic mass is 10.1. The number of carboxylic acid groups (broad SMARTS) is 1. The third-order valence-corrected chi connectivity index (χ3v) is 3.01. The highest BCUT2D eigenvalue weighted by Crippen LogP contribution is 2.21. The molecule has 1 atom stereocenters. The largest absolute Gasteiger partial charge is 0.480 e. The Morgan fingerprint density at radius 3 is 2.38 bits per heavy atom. The molecule has 0 aliphatic heterocycles. The smallest absolute Gasteiger partial charge is 0.326 e. The molecule has 0 spiro atoms. The normalized spacial score (nSPS) is 12.6. The van der Waals surface area contributed by atoms with E-state index in [1.807, 2.05) is 0 Å². The number of benzene rings is 1. The number of aliphatic hydroxyl groups excluding tert-OH is 1. The lowest BCUT2D eigenvalue weighted by Crippen LogP contribution is -2.52. The van der Waals surface area contributed by atoms with Gasteiger partial charge in [-0.15, -0.1) is 0 Å². The predicted molar refractivity (Wildman–Crippen MR) is 77.4 cm³/mol. The summed E-state index contributed by atoms with van der Waals surface area (Å²) in [5.74, 6) is -1.36. The van der Waals surface area contributed by atoms with E-state index >= 15 is 0 Å². The Bertz CT molecular complexity index is 501. The summed E-state index contributed by atoms with van der Waals surface area (Å²) in [5.41, 5.74) is -1.27. The summed E-state index contributed by atoms with van der Waals surface area (Å²) in [6.07, 6.45) is -0.0713. The number of rotatable bonds is 7. The van der Waals surface area contributed by atoms with Gasteiger partial charge in [-0.05, 0) is 38.1 Å². The van der Waals surface area contributed by atoms with E-state index in [1.54, 1.807) is 24.3 Å². The van der Waals surface area contributed by atoms with Crippen molar-refractivity contribution < 1.29 is 24.5 Å². The summed E-state index contributed by atoms with van der Waals surface area (Å²) < 4.78 is 5.55. The minimum atomic E-state index is -1.27. The molecule has 7 heteroatoms. The predicted octanol–water partition coefficient (Wildman–Crippen LogP) is 1.45. The quantitative estimate of drug-likeness (QED) is 0.707. The zero-order valence-corrected chi connectivity index (χ0v) is 12.6. The Kier molecular flexibility index (Phi) is 5.99. The molecule has 21 heavy (non-hydrogen) atoms. The summed E-state index contributed by atoms with van der Waals surface area (Å²) in [6.45, 7) is 2.71. The fourth-order valence-corrected chi connectivity index (χ4v) is 1.69. The molecule has 0 aromatic heterocycles. The van der Waals surface area contributed by atoms with Crippen LogP contribution in [0.1, 0.15) is 20.3 Å². The lowest BCUT2D eigenvalue weighted by molar-refractivity contribution is -0.145. The standard InChI is InChI=1S/C14H18ClNO5/c1-14(2,21-10-5-3-9(15)4-6-10)13(20)16-11(7-8-17)12(18)19/h3-6,11,17H,7-8H2,1-2H3,(H,16,20)(H,18,19)/t11-/m0/s1. The molecule has 1 rings (SSSR count). The van der Waals surface area contributed by atoms with Crippen molar-refractivity contribution in [3.63, 3.8) is 0 Å². The van der Waals surface area contributed by atoms with Gasteiger partial charge in [-0.2, -0.15) is 0 Å². The monoisotopic (exact) mass is 315 g/mol. The molecular formula is C14H18ClNO5. The van der Waals surface area contributed by atoms with Crippen LogP contribution in [-0.2, 0) is 9.59 Å². The number of hydrogen-bond donors (Lipinski definition) is 3. The van der Waals surface area contributed by atoms with Gasteiger partial charge in [-0.1, -0.05) is 11.6 Å². The molecule has 0 radical (unpaired) electrons. The van der Waals surface area contributed by atoms with Crippen molar-refractivity contribution in [3.05, 3.63) is 29.3 Å². The number of aliphatic hydroxyl groups is 1. The van der Waals surface area contributed by atoms with Gasteiger partial charge in [0.15, 0.2) is 5.60 Å². The summed E-state index contributed by atoms with van der Waals surface area (Å²) in [7, 11) is 0. The topological polar surface area (TPSA) is 95.9 Å². The van der Waals surface area contributed by atoms with E-state index in [2.05, 4.69) is 5.32 Å². The first kappa shape index (κ1) is 17.3. The average molecular weight is 316 g/mol. The van der Waals surface area contributed by atoms with Crippen LogP contribution in [0.3, 0.4) is 0 Å². The van der Waals surface area contributed by atoms with Crippen LogP contribution in [0.4, 0.5) is 0 Å². The molecule has 1 amide bonds. The number of amides is 1. The van der Waals surface area contributed by atoms with Gasteiger partial charge in [0.2, 0.25) is 0 Å². The fourth-order valence-electron chi connectivity index (χ4n) is 1.56. The van der Waals surface area contributed by atoms with Gasteiger partial charge in [0.1, 0.15) is 11.8 Å². The van der Waals surface area contributed by atoms with Crippen LogP contribution < -0.4 is 10.1 Å². The van der Waals surface area contributed by atoms with E-state index in [9.17, 15) is 9.59 Å². The first-order valence-corrected chi connectivity index (χ1v) is 6.73. The number of hydrogen-bond acceptors (Lipinski definition) is 4. The first-order valence-electron chi connectivity index (χ1n) is 6.35. The summed E-state index contributed by atoms with van der Waals surface area (Å²) in [4.78, 5) is 23.1. The van der Waals surface area contributed by atoms with Crippen LogP contribution in [0.2, 0.25) is 5.02 Å². The number of ether oxygens (including phenoxy) is 1. The molecule has 1 aromatic rings. The molecule has 6 nitrogen and oxygen atoms in total. The van der Waals surface area contributed by atoms with Crippen molar-refractivity contribution in [3.8, 4) is 5.75 Å². The maximum Gasteiger partial charge on any atom is 0.326 e. The Balaban J connectivity index is 2.74. The average Bonchev–Trinajstić information content (AvgIpc) is 2.40. The molecular weight excluding hydrogens is 298 g/mol. The Hall–Kier alpha value is -1.79. The Labute approximate surface area is 127 Å². The van der Waals surface area contributed by atoms with Crippen LogP contribution in [0.15, 0.2) is 24.3 Å². The number of aliphatic carboxylic acids is 1. The molecule has 116 valence electrons. The minimum Gasteiger partial charge on any atom is -0.480 e. The van der Waals surface area contributed by atoms with Gasteiger partial charge in [0.25, 0.3) is 5.91 Å². The SMILES string of the molecule is CC(C)(Oc1ccc(Cl)cc1)C(=O)N[C@@H](CCO)C(=O)O. The molecule has 1 aromatic carbocycles. The Morgan fingerprint density at radius 1 is 1.33 bits per heavy atom. The van der Waals surface area contributed by atoms with Crippen molar-refractivity contribution >= 4 is 23.5 Å². The number of carbonyl (C=O) groups excluding carboxylic acids is 1. The van der Waals surface area contributed by atoms with Crippen LogP contribution >= 0.6 is 11.6 Å². The van der Waals surface area contributed by atoms with E-state index in [-0.39, 0.29) is 13.0 Å². The lowest BCUT2D eigenvalue weighted by Gasteiger charge is -2.27. The second kappa shape index (κ2) is 7.28. The van der Waals surface area contributed by atoms with E-state index in [0.717, 1.165) is 0 Å².